The van der Waals surface area contributed by atoms with Crippen LogP contribution in [0.5, 0.6) is 5.75 Å². The van der Waals surface area contributed by atoms with Gasteiger partial charge in [0.05, 0.1) is 19.2 Å². The molecule has 4 aromatic rings. The number of carbonyl (C=O) groups is 1. The average molecular weight is 384 g/mol. The number of rotatable bonds is 5. The first-order valence-corrected chi connectivity index (χ1v) is 9.26. The summed E-state index contributed by atoms with van der Waals surface area (Å²) in [6.07, 6.45) is 1.60. The van der Waals surface area contributed by atoms with E-state index in [0.717, 1.165) is 16.3 Å². The molecule has 0 aliphatic rings. The number of nitrogens with zero attached hydrogens (tertiary/aromatic N) is 1. The molecule has 0 saturated heterocycles. The van der Waals surface area contributed by atoms with Crippen molar-refractivity contribution in [2.45, 2.75) is 6.54 Å². The molecule has 1 aromatic heterocycles. The standard InChI is InChI=1S/C24H20N2O3/c1-29-21-12-10-20(11-13-21)25-24(28)19-9-14-23(27)26(16-19)15-18-7-4-6-17-5-2-3-8-22(17)18/h2-14,16H,15H2,1H3,(H,25,28). The molecule has 0 atom stereocenters. The molecule has 144 valence electrons. The van der Waals surface area contributed by atoms with Gasteiger partial charge in [0.25, 0.3) is 11.5 Å². The van der Waals surface area contributed by atoms with E-state index in [4.69, 9.17) is 4.74 Å². The first-order valence-electron chi connectivity index (χ1n) is 9.26. The molecule has 1 heterocycles. The lowest BCUT2D eigenvalue weighted by atomic mass is 10.0. The maximum Gasteiger partial charge on any atom is 0.257 e. The SMILES string of the molecule is COc1ccc(NC(=O)c2ccc(=O)n(Cc3cccc4ccccc34)c2)cc1. The highest BCUT2D eigenvalue weighted by molar-refractivity contribution is 6.04. The number of pyridine rings is 1. The van der Waals surface area contributed by atoms with Gasteiger partial charge in [-0.3, -0.25) is 9.59 Å². The van der Waals surface area contributed by atoms with Crippen LogP contribution in [-0.4, -0.2) is 17.6 Å². The molecule has 5 nitrogen and oxygen atoms in total. The van der Waals surface area contributed by atoms with Gasteiger partial charge in [-0.2, -0.15) is 0 Å². The van der Waals surface area contributed by atoms with E-state index in [1.165, 1.54) is 6.07 Å². The van der Waals surface area contributed by atoms with Gasteiger partial charge in [-0.05, 0) is 46.7 Å². The molecule has 29 heavy (non-hydrogen) atoms. The molecular formula is C24H20N2O3. The van der Waals surface area contributed by atoms with E-state index in [2.05, 4.69) is 5.32 Å². The number of nitrogens with one attached hydrogen (secondary N) is 1. The maximum atomic E-state index is 12.6. The first-order chi connectivity index (χ1) is 14.1. The minimum Gasteiger partial charge on any atom is -0.497 e. The van der Waals surface area contributed by atoms with Gasteiger partial charge in [-0.1, -0.05) is 42.5 Å². The second-order valence-corrected chi connectivity index (χ2v) is 6.70. The summed E-state index contributed by atoms with van der Waals surface area (Å²) in [6.45, 7) is 0.393. The predicted molar refractivity (Wildman–Crippen MR) is 115 cm³/mol. The van der Waals surface area contributed by atoms with Crippen molar-refractivity contribution in [3.8, 4) is 5.75 Å². The van der Waals surface area contributed by atoms with Gasteiger partial charge in [-0.25, -0.2) is 0 Å². The van der Waals surface area contributed by atoms with E-state index in [9.17, 15) is 9.59 Å². The maximum absolute atomic E-state index is 12.6. The Balaban J connectivity index is 1.60. The second-order valence-electron chi connectivity index (χ2n) is 6.70. The van der Waals surface area contributed by atoms with Crippen molar-refractivity contribution >= 4 is 22.4 Å². The quantitative estimate of drug-likeness (QED) is 0.558. The Kier molecular flexibility index (Phi) is 5.12. The van der Waals surface area contributed by atoms with Crippen LogP contribution >= 0.6 is 0 Å². The Morgan fingerprint density at radius 3 is 2.48 bits per heavy atom. The fourth-order valence-electron chi connectivity index (χ4n) is 3.28. The molecule has 0 saturated carbocycles. The summed E-state index contributed by atoms with van der Waals surface area (Å²) < 4.78 is 6.68. The van der Waals surface area contributed by atoms with E-state index >= 15 is 0 Å². The highest BCUT2D eigenvalue weighted by Crippen LogP contribution is 2.19. The third-order valence-corrected chi connectivity index (χ3v) is 4.81. The smallest absolute Gasteiger partial charge is 0.257 e. The molecule has 0 radical (unpaired) electrons. The fraction of sp³-hybridized carbons (Fsp3) is 0.0833. The molecule has 1 N–H and O–H groups in total. The molecule has 3 aromatic carbocycles. The summed E-state index contributed by atoms with van der Waals surface area (Å²) in [5.74, 6) is 0.438. The molecule has 5 heteroatoms. The Labute approximate surface area is 168 Å². The summed E-state index contributed by atoms with van der Waals surface area (Å²) in [5, 5.41) is 5.05. The first kappa shape index (κ1) is 18.5. The van der Waals surface area contributed by atoms with Crippen molar-refractivity contribution in [3.05, 3.63) is 107 Å². The monoisotopic (exact) mass is 384 g/mol. The number of carbonyl (C=O) groups excluding carboxylic acids is 1. The number of aromatic nitrogens is 1. The van der Waals surface area contributed by atoms with Gasteiger partial charge in [0.15, 0.2) is 0 Å². The summed E-state index contributed by atoms with van der Waals surface area (Å²) in [5.41, 5.74) is 1.94. The van der Waals surface area contributed by atoms with Crippen molar-refractivity contribution in [2.75, 3.05) is 12.4 Å². The van der Waals surface area contributed by atoms with Gasteiger partial charge in [-0.15, -0.1) is 0 Å². The topological polar surface area (TPSA) is 60.3 Å². The van der Waals surface area contributed by atoms with E-state index < -0.39 is 0 Å². The lowest BCUT2D eigenvalue weighted by molar-refractivity contribution is 0.102. The van der Waals surface area contributed by atoms with Crippen LogP contribution in [-0.2, 0) is 6.54 Å². The number of anilines is 1. The largest absolute Gasteiger partial charge is 0.497 e. The molecular weight excluding hydrogens is 364 g/mol. The number of ether oxygens (including phenoxy) is 1. The number of amides is 1. The van der Waals surface area contributed by atoms with Crippen LogP contribution in [0.3, 0.4) is 0 Å². The average Bonchev–Trinajstić information content (AvgIpc) is 2.76. The Morgan fingerprint density at radius 1 is 0.931 bits per heavy atom. The number of benzene rings is 3. The second kappa shape index (κ2) is 8.02. The number of hydrogen-bond acceptors (Lipinski definition) is 3. The zero-order valence-electron chi connectivity index (χ0n) is 16.0. The van der Waals surface area contributed by atoms with Gasteiger partial charge in [0.1, 0.15) is 5.75 Å². The Morgan fingerprint density at radius 2 is 1.69 bits per heavy atom. The molecule has 0 unspecified atom stereocenters. The van der Waals surface area contributed by atoms with Crippen molar-refractivity contribution in [1.82, 2.24) is 4.57 Å². The van der Waals surface area contributed by atoms with Crippen LogP contribution < -0.4 is 15.6 Å². The summed E-state index contributed by atoms with van der Waals surface area (Å²) in [6, 6.07) is 24.1. The normalized spacial score (nSPS) is 10.7. The Hall–Kier alpha value is -3.86. The third kappa shape index (κ3) is 4.04. The van der Waals surface area contributed by atoms with Crippen molar-refractivity contribution in [2.24, 2.45) is 0 Å². The fourth-order valence-corrected chi connectivity index (χ4v) is 3.28. The van der Waals surface area contributed by atoms with Gasteiger partial charge < -0.3 is 14.6 Å². The van der Waals surface area contributed by atoms with Gasteiger partial charge in [0, 0.05) is 18.0 Å². The summed E-state index contributed by atoms with van der Waals surface area (Å²) in [7, 11) is 1.59. The zero-order valence-corrected chi connectivity index (χ0v) is 16.0. The molecule has 0 bridgehead atoms. The van der Waals surface area contributed by atoms with Crippen LogP contribution in [0.25, 0.3) is 10.8 Å². The van der Waals surface area contributed by atoms with Crippen LogP contribution in [0.2, 0.25) is 0 Å². The highest BCUT2D eigenvalue weighted by Gasteiger charge is 2.10. The summed E-state index contributed by atoms with van der Waals surface area (Å²) >= 11 is 0. The number of fused-ring (bicyclic) bond motifs is 1. The van der Waals surface area contributed by atoms with Crippen LogP contribution in [0.4, 0.5) is 5.69 Å². The van der Waals surface area contributed by atoms with Crippen LogP contribution in [0.15, 0.2) is 89.9 Å². The lowest BCUT2D eigenvalue weighted by Gasteiger charge is -2.11. The number of hydrogen-bond donors (Lipinski definition) is 1. The predicted octanol–water partition coefficient (Wildman–Crippen LogP) is 4.31. The van der Waals surface area contributed by atoms with Gasteiger partial charge >= 0.3 is 0 Å². The minimum absolute atomic E-state index is 0.154. The lowest BCUT2D eigenvalue weighted by Crippen LogP contribution is -2.22. The van der Waals surface area contributed by atoms with Crippen LogP contribution in [0, 0.1) is 0 Å². The molecule has 1 amide bonds. The Bertz CT molecular complexity index is 1220. The molecule has 0 spiro atoms. The van der Waals surface area contributed by atoms with E-state index in [-0.39, 0.29) is 11.5 Å². The van der Waals surface area contributed by atoms with Crippen molar-refractivity contribution < 1.29 is 9.53 Å². The summed E-state index contributed by atoms with van der Waals surface area (Å²) in [4.78, 5) is 25.0. The molecule has 0 aliphatic heterocycles. The molecule has 0 fully saturated rings. The van der Waals surface area contributed by atoms with Crippen molar-refractivity contribution in [3.63, 3.8) is 0 Å². The third-order valence-electron chi connectivity index (χ3n) is 4.81. The van der Waals surface area contributed by atoms with E-state index in [1.54, 1.807) is 48.2 Å². The van der Waals surface area contributed by atoms with Crippen molar-refractivity contribution in [1.29, 1.82) is 0 Å². The van der Waals surface area contributed by atoms with E-state index in [1.807, 2.05) is 42.5 Å². The highest BCUT2D eigenvalue weighted by atomic mass is 16.5. The minimum atomic E-state index is -0.276. The molecule has 0 aliphatic carbocycles. The van der Waals surface area contributed by atoms with Crippen LogP contribution in [0.1, 0.15) is 15.9 Å². The number of methoxy groups -OCH3 is 1. The van der Waals surface area contributed by atoms with E-state index in [0.29, 0.717) is 23.5 Å². The van der Waals surface area contributed by atoms with Gasteiger partial charge in [0.2, 0.25) is 0 Å². The molecule has 4 rings (SSSR count). The zero-order chi connectivity index (χ0) is 20.2.